The molecule has 1 aliphatic carbocycles. The quantitative estimate of drug-likeness (QED) is 0.746. The number of aliphatic hydroxyl groups is 2. The summed E-state index contributed by atoms with van der Waals surface area (Å²) in [4.78, 5) is 11.4. The topological polar surface area (TPSA) is 90.7 Å². The molecule has 4 rings (SSSR count). The van der Waals surface area contributed by atoms with Crippen LogP contribution in [0.4, 0.5) is 5.95 Å². The molecule has 1 unspecified atom stereocenters. The number of ether oxygens (including phenoxy) is 1. The summed E-state index contributed by atoms with van der Waals surface area (Å²) in [6, 6.07) is 7.72. The first-order valence-electron chi connectivity index (χ1n) is 8.47. The number of aromatic nitrogens is 2. The van der Waals surface area contributed by atoms with Gasteiger partial charge in [-0.3, -0.25) is 0 Å². The van der Waals surface area contributed by atoms with E-state index < -0.39 is 18.3 Å². The fourth-order valence-electron chi connectivity index (χ4n) is 3.33. The van der Waals surface area contributed by atoms with Crippen molar-refractivity contribution in [3.05, 3.63) is 24.3 Å². The predicted octanol–water partition coefficient (Wildman–Crippen LogP) is 0.302. The molecule has 3 N–H and O–H groups in total. The van der Waals surface area contributed by atoms with Crippen molar-refractivity contribution < 1.29 is 14.9 Å². The maximum absolute atomic E-state index is 10.1. The Morgan fingerprint density at radius 2 is 1.88 bits per heavy atom. The van der Waals surface area contributed by atoms with Crippen LogP contribution in [0.25, 0.3) is 10.9 Å². The van der Waals surface area contributed by atoms with Crippen LogP contribution in [0.1, 0.15) is 12.8 Å². The Kier molecular flexibility index (Phi) is 4.22. The lowest BCUT2D eigenvalue weighted by atomic mass is 10.2. The molecule has 0 amide bonds. The highest BCUT2D eigenvalue weighted by molar-refractivity contribution is 5.84. The summed E-state index contributed by atoms with van der Waals surface area (Å²) in [5, 5.41) is 24.0. The van der Waals surface area contributed by atoms with Crippen LogP contribution in [0.2, 0.25) is 0 Å². The van der Waals surface area contributed by atoms with Crippen LogP contribution in [0, 0.1) is 0 Å². The van der Waals surface area contributed by atoms with Gasteiger partial charge in [0, 0.05) is 26.2 Å². The van der Waals surface area contributed by atoms with Gasteiger partial charge in [-0.1, -0.05) is 12.1 Å². The van der Waals surface area contributed by atoms with Crippen LogP contribution in [0.3, 0.4) is 0 Å². The second kappa shape index (κ2) is 6.51. The van der Waals surface area contributed by atoms with Crippen LogP contribution in [-0.4, -0.2) is 64.7 Å². The number of hydrogen-bond acceptors (Lipinski definition) is 7. The fourth-order valence-corrected chi connectivity index (χ4v) is 3.33. The summed E-state index contributed by atoms with van der Waals surface area (Å²) >= 11 is 0. The van der Waals surface area contributed by atoms with Gasteiger partial charge < -0.3 is 25.2 Å². The lowest BCUT2D eigenvalue weighted by Crippen LogP contribution is -2.44. The molecule has 7 nitrogen and oxygen atoms in total. The first-order valence-corrected chi connectivity index (χ1v) is 8.47. The molecule has 1 aromatic heterocycles. The lowest BCUT2D eigenvalue weighted by Gasteiger charge is -2.28. The second-order valence-electron chi connectivity index (χ2n) is 6.37. The summed E-state index contributed by atoms with van der Waals surface area (Å²) in [7, 11) is 0. The average Bonchev–Trinajstić information content (AvgIpc) is 2.94. The zero-order valence-corrected chi connectivity index (χ0v) is 13.4. The van der Waals surface area contributed by atoms with Crippen molar-refractivity contribution in [3.63, 3.8) is 0 Å². The largest absolute Gasteiger partial charge is 0.471 e. The summed E-state index contributed by atoms with van der Waals surface area (Å²) in [6.07, 6.45) is -0.880. The maximum atomic E-state index is 10.1. The molecule has 128 valence electrons. The molecule has 2 fully saturated rings. The number of para-hydroxylation sites is 1. The summed E-state index contributed by atoms with van der Waals surface area (Å²) in [5.41, 5.74) is 0.823. The Bertz CT molecular complexity index is 720. The van der Waals surface area contributed by atoms with Crippen LogP contribution in [0.15, 0.2) is 24.3 Å². The van der Waals surface area contributed by atoms with E-state index in [1.165, 1.54) is 0 Å². The standard InChI is InChI=1S/C17H22N4O3/c22-13-5-6-14(15(13)23)24-16-11-3-1-2-4-12(11)19-17(20-16)21-9-7-18-8-10-21/h1-4,13-15,18,22-23H,5-10H2/t13-,14?,15+/m1/s1. The fraction of sp³-hybridized carbons (Fsp3) is 0.529. The summed E-state index contributed by atoms with van der Waals surface area (Å²) in [5.74, 6) is 1.13. The Morgan fingerprint density at radius 1 is 1.08 bits per heavy atom. The third-order valence-corrected chi connectivity index (χ3v) is 4.74. The van der Waals surface area contributed by atoms with E-state index in [1.807, 2.05) is 24.3 Å². The molecular formula is C17H22N4O3. The molecule has 0 spiro atoms. The number of piperazine rings is 1. The van der Waals surface area contributed by atoms with E-state index >= 15 is 0 Å². The number of rotatable bonds is 3. The Morgan fingerprint density at radius 3 is 2.62 bits per heavy atom. The van der Waals surface area contributed by atoms with Crippen LogP contribution in [0.5, 0.6) is 5.88 Å². The monoisotopic (exact) mass is 330 g/mol. The SMILES string of the molecule is O[C@@H]1CCC(Oc2nc(N3CCNCC3)nc3ccccc23)[C@H]1O. The molecule has 2 aromatic rings. The van der Waals surface area contributed by atoms with Gasteiger partial charge in [0.15, 0.2) is 0 Å². The second-order valence-corrected chi connectivity index (χ2v) is 6.37. The highest BCUT2D eigenvalue weighted by atomic mass is 16.5. The molecule has 7 heteroatoms. The van der Waals surface area contributed by atoms with Crippen LogP contribution >= 0.6 is 0 Å². The zero-order valence-electron chi connectivity index (χ0n) is 13.4. The summed E-state index contributed by atoms with van der Waals surface area (Å²) < 4.78 is 6.00. The van der Waals surface area contributed by atoms with Crippen LogP contribution in [-0.2, 0) is 0 Å². The summed E-state index contributed by atoms with van der Waals surface area (Å²) in [6.45, 7) is 3.50. The number of benzene rings is 1. The molecule has 1 saturated carbocycles. The van der Waals surface area contributed by atoms with E-state index in [0.29, 0.717) is 24.7 Å². The molecule has 0 bridgehead atoms. The Balaban J connectivity index is 1.69. The number of nitrogens with zero attached hydrogens (tertiary/aromatic N) is 3. The van der Waals surface area contributed by atoms with E-state index in [4.69, 9.17) is 4.74 Å². The maximum Gasteiger partial charge on any atom is 0.229 e. The molecule has 24 heavy (non-hydrogen) atoms. The first kappa shape index (κ1) is 15.6. The highest BCUT2D eigenvalue weighted by Crippen LogP contribution is 2.30. The van der Waals surface area contributed by atoms with Crippen molar-refractivity contribution in [2.75, 3.05) is 31.1 Å². The average molecular weight is 330 g/mol. The van der Waals surface area contributed by atoms with Crippen molar-refractivity contribution in [2.24, 2.45) is 0 Å². The zero-order chi connectivity index (χ0) is 16.5. The Hall–Kier alpha value is -1.96. The van der Waals surface area contributed by atoms with Crippen molar-refractivity contribution in [2.45, 2.75) is 31.2 Å². The number of aliphatic hydroxyl groups excluding tert-OH is 2. The number of hydrogen-bond donors (Lipinski definition) is 3. The van der Waals surface area contributed by atoms with Gasteiger partial charge >= 0.3 is 0 Å². The van der Waals surface area contributed by atoms with Gasteiger partial charge in [-0.05, 0) is 25.0 Å². The minimum absolute atomic E-state index is 0.436. The van der Waals surface area contributed by atoms with Crippen LogP contribution < -0.4 is 15.0 Å². The minimum Gasteiger partial charge on any atom is -0.471 e. The minimum atomic E-state index is -0.874. The predicted molar refractivity (Wildman–Crippen MR) is 90.3 cm³/mol. The van der Waals surface area contributed by atoms with Gasteiger partial charge in [0.05, 0.1) is 17.0 Å². The van der Waals surface area contributed by atoms with Gasteiger partial charge in [0.2, 0.25) is 11.8 Å². The molecular weight excluding hydrogens is 308 g/mol. The van der Waals surface area contributed by atoms with Gasteiger partial charge in [0.25, 0.3) is 0 Å². The number of anilines is 1. The third-order valence-electron chi connectivity index (χ3n) is 4.74. The van der Waals surface area contributed by atoms with Gasteiger partial charge in [0.1, 0.15) is 12.2 Å². The number of nitrogens with one attached hydrogen (secondary N) is 1. The van der Waals surface area contributed by atoms with Crippen molar-refractivity contribution in [3.8, 4) is 5.88 Å². The number of fused-ring (bicyclic) bond motifs is 1. The van der Waals surface area contributed by atoms with E-state index in [9.17, 15) is 10.2 Å². The normalized spacial score (nSPS) is 27.6. The molecule has 3 atom stereocenters. The lowest BCUT2D eigenvalue weighted by molar-refractivity contribution is -0.00957. The smallest absolute Gasteiger partial charge is 0.229 e. The van der Waals surface area contributed by atoms with Gasteiger partial charge in [-0.25, -0.2) is 4.98 Å². The van der Waals surface area contributed by atoms with Crippen molar-refractivity contribution >= 4 is 16.9 Å². The molecule has 1 aliphatic heterocycles. The molecule has 1 aromatic carbocycles. The van der Waals surface area contributed by atoms with Crippen molar-refractivity contribution in [1.82, 2.24) is 15.3 Å². The van der Waals surface area contributed by atoms with Gasteiger partial charge in [-0.2, -0.15) is 4.98 Å². The Labute approximate surface area is 140 Å². The van der Waals surface area contributed by atoms with Crippen molar-refractivity contribution in [1.29, 1.82) is 0 Å². The first-order chi connectivity index (χ1) is 11.7. The van der Waals surface area contributed by atoms with E-state index in [-0.39, 0.29) is 0 Å². The third kappa shape index (κ3) is 2.90. The molecule has 2 aliphatic rings. The van der Waals surface area contributed by atoms with E-state index in [0.717, 1.165) is 37.1 Å². The molecule has 2 heterocycles. The van der Waals surface area contributed by atoms with E-state index in [2.05, 4.69) is 20.2 Å². The molecule has 1 saturated heterocycles. The van der Waals surface area contributed by atoms with E-state index in [1.54, 1.807) is 0 Å². The van der Waals surface area contributed by atoms with Gasteiger partial charge in [-0.15, -0.1) is 0 Å². The highest BCUT2D eigenvalue weighted by Gasteiger charge is 2.35. The molecule has 0 radical (unpaired) electrons.